The van der Waals surface area contributed by atoms with E-state index in [1.54, 1.807) is 42.6 Å². The van der Waals surface area contributed by atoms with Crippen molar-refractivity contribution in [1.82, 2.24) is 4.98 Å². The average Bonchev–Trinajstić information content (AvgIpc) is 2.43. The Labute approximate surface area is 121 Å². The molecule has 0 saturated carbocycles. The Hall–Kier alpha value is -2.36. The molecular weight excluding hydrogens is 252 g/mol. The minimum Gasteiger partial charge on any atom is -0.457 e. The smallest absolute Gasteiger partial charge is 0.178 e. The third kappa shape index (κ3) is 5.10. The van der Waals surface area contributed by atoms with Crippen LogP contribution in [0.2, 0.25) is 0 Å². The zero-order valence-corrected chi connectivity index (χ0v) is 12.1. The summed E-state index contributed by atoms with van der Waals surface area (Å²) in [6, 6.07) is 10.3. The van der Waals surface area contributed by atoms with Crippen LogP contribution in [0.4, 0.5) is 5.69 Å². The van der Waals surface area contributed by atoms with Crippen molar-refractivity contribution in [3.8, 4) is 11.5 Å². The molecule has 0 aliphatic carbocycles. The number of benzene rings is 1. The second-order valence-electron chi connectivity index (χ2n) is 4.31. The van der Waals surface area contributed by atoms with Crippen molar-refractivity contribution >= 4 is 11.5 Å². The van der Waals surface area contributed by atoms with E-state index in [0.29, 0.717) is 22.9 Å². The summed E-state index contributed by atoms with van der Waals surface area (Å²) in [6.07, 6.45) is 2.80. The van der Waals surface area contributed by atoms with Crippen LogP contribution in [-0.2, 0) is 0 Å². The second-order valence-corrected chi connectivity index (χ2v) is 4.31. The summed E-state index contributed by atoms with van der Waals surface area (Å²) in [6.45, 7) is 5.72. The van der Waals surface area contributed by atoms with Crippen LogP contribution < -0.4 is 10.5 Å². The first kappa shape index (κ1) is 15.7. The molecule has 0 radical (unpaired) electrons. The molecule has 2 aromatic rings. The molecule has 1 heterocycles. The van der Waals surface area contributed by atoms with E-state index in [2.05, 4.69) is 18.8 Å². The molecule has 0 bridgehead atoms. The van der Waals surface area contributed by atoms with Crippen LogP contribution in [0.5, 0.6) is 11.5 Å². The Kier molecular flexibility index (Phi) is 6.23. The van der Waals surface area contributed by atoms with Crippen LogP contribution in [0.1, 0.15) is 39.1 Å². The molecule has 0 aliphatic rings. The van der Waals surface area contributed by atoms with Gasteiger partial charge in [-0.3, -0.25) is 9.78 Å². The number of pyridine rings is 1. The molecule has 0 fully saturated rings. The molecule has 4 heteroatoms. The topological polar surface area (TPSA) is 65.2 Å². The van der Waals surface area contributed by atoms with Gasteiger partial charge in [-0.1, -0.05) is 20.3 Å². The van der Waals surface area contributed by atoms with Crippen molar-refractivity contribution in [2.45, 2.75) is 27.2 Å². The number of carbonyl (C=O) groups excluding carboxylic acids is 1. The van der Waals surface area contributed by atoms with Crippen molar-refractivity contribution in [2.75, 3.05) is 5.73 Å². The van der Waals surface area contributed by atoms with Gasteiger partial charge in [0.2, 0.25) is 0 Å². The first-order chi connectivity index (χ1) is 9.56. The van der Waals surface area contributed by atoms with Crippen LogP contribution in [0.15, 0.2) is 42.6 Å². The van der Waals surface area contributed by atoms with Gasteiger partial charge in [0, 0.05) is 26.3 Å². The van der Waals surface area contributed by atoms with Crippen molar-refractivity contribution in [2.24, 2.45) is 0 Å². The number of hydrogen-bond acceptors (Lipinski definition) is 4. The van der Waals surface area contributed by atoms with Crippen LogP contribution in [0.3, 0.4) is 0 Å². The number of anilines is 1. The number of nitrogens with two attached hydrogens (primary N) is 1. The fourth-order valence-corrected chi connectivity index (χ4v) is 1.34. The van der Waals surface area contributed by atoms with E-state index < -0.39 is 0 Å². The highest BCUT2D eigenvalue weighted by molar-refractivity contribution is 5.92. The summed E-state index contributed by atoms with van der Waals surface area (Å²) in [5, 5.41) is 0. The monoisotopic (exact) mass is 274 g/mol. The van der Waals surface area contributed by atoms with Crippen LogP contribution in [0, 0.1) is 0 Å². The molecule has 0 saturated heterocycles. The zero-order chi connectivity index (χ0) is 15.0. The maximum atomic E-state index is 11.2. The largest absolute Gasteiger partial charge is 0.457 e. The number of ether oxygens (including phenoxy) is 1. The van der Waals surface area contributed by atoms with E-state index >= 15 is 0 Å². The standard InChI is InChI=1S/C13H12N2O2.C3H8.H2/c1-9(16)13-8-12(6-7-15-13)17-11-4-2-10(14)3-5-11;1-3-2;/h2-8H,14H2,1H3;3H2,1-2H3;1H. The van der Waals surface area contributed by atoms with E-state index in [0.717, 1.165) is 0 Å². The molecule has 1 aromatic carbocycles. The molecule has 0 amide bonds. The summed E-state index contributed by atoms with van der Waals surface area (Å²) in [5.74, 6) is 1.16. The van der Waals surface area contributed by atoms with Crippen molar-refractivity contribution < 1.29 is 11.0 Å². The number of aromatic nitrogens is 1. The Bertz CT molecular complexity index is 556. The maximum Gasteiger partial charge on any atom is 0.178 e. The van der Waals surface area contributed by atoms with Crippen LogP contribution >= 0.6 is 0 Å². The summed E-state index contributed by atoms with van der Waals surface area (Å²) in [5.41, 5.74) is 6.64. The van der Waals surface area contributed by atoms with Gasteiger partial charge >= 0.3 is 0 Å². The molecule has 20 heavy (non-hydrogen) atoms. The Morgan fingerprint density at radius 1 is 1.20 bits per heavy atom. The molecule has 0 aliphatic heterocycles. The van der Waals surface area contributed by atoms with Gasteiger partial charge in [-0.15, -0.1) is 0 Å². The number of Topliss-reactive ketones (excluding diaryl/α,β-unsaturated/α-hetero) is 1. The summed E-state index contributed by atoms with van der Waals surface area (Å²) < 4.78 is 5.58. The Morgan fingerprint density at radius 3 is 2.35 bits per heavy atom. The fraction of sp³-hybridized carbons (Fsp3) is 0.250. The van der Waals surface area contributed by atoms with Gasteiger partial charge in [0.1, 0.15) is 17.2 Å². The minimum atomic E-state index is -0.0900. The lowest BCUT2D eigenvalue weighted by Crippen LogP contribution is -1.96. The quantitative estimate of drug-likeness (QED) is 0.668. The Balaban J connectivity index is 0.000000922. The number of nitrogens with zero attached hydrogens (tertiary/aromatic N) is 1. The van der Waals surface area contributed by atoms with Crippen molar-refractivity contribution in [3.63, 3.8) is 0 Å². The van der Waals surface area contributed by atoms with Gasteiger partial charge in [0.15, 0.2) is 5.78 Å². The zero-order valence-electron chi connectivity index (χ0n) is 12.1. The van der Waals surface area contributed by atoms with E-state index in [-0.39, 0.29) is 7.21 Å². The minimum absolute atomic E-state index is 0. The van der Waals surface area contributed by atoms with E-state index in [1.807, 2.05) is 0 Å². The molecule has 2 rings (SSSR count). The molecule has 4 nitrogen and oxygen atoms in total. The highest BCUT2D eigenvalue weighted by Gasteiger charge is 2.03. The van der Waals surface area contributed by atoms with Gasteiger partial charge in [0.05, 0.1) is 0 Å². The summed E-state index contributed by atoms with van der Waals surface area (Å²) in [7, 11) is 0. The third-order valence-corrected chi connectivity index (χ3v) is 2.21. The third-order valence-electron chi connectivity index (χ3n) is 2.21. The molecule has 2 N–H and O–H groups in total. The lowest BCUT2D eigenvalue weighted by atomic mass is 10.2. The first-order valence-electron chi connectivity index (χ1n) is 6.57. The van der Waals surface area contributed by atoms with E-state index in [9.17, 15) is 4.79 Å². The number of nitrogen functional groups attached to an aromatic ring is 1. The van der Waals surface area contributed by atoms with Gasteiger partial charge in [-0.2, -0.15) is 0 Å². The van der Waals surface area contributed by atoms with Crippen LogP contribution in [0.25, 0.3) is 0 Å². The number of rotatable bonds is 3. The lowest BCUT2D eigenvalue weighted by molar-refractivity contribution is 0.101. The average molecular weight is 274 g/mol. The predicted octanol–water partition coefficient (Wildman–Crippen LogP) is 4.32. The van der Waals surface area contributed by atoms with E-state index in [1.165, 1.54) is 13.3 Å². The van der Waals surface area contributed by atoms with Gasteiger partial charge < -0.3 is 10.5 Å². The van der Waals surface area contributed by atoms with Gasteiger partial charge in [-0.25, -0.2) is 0 Å². The summed E-state index contributed by atoms with van der Waals surface area (Å²) in [4.78, 5) is 15.1. The molecule has 0 spiro atoms. The SMILES string of the molecule is CC(=O)c1cc(Oc2ccc(N)cc2)ccn1.CCC.[HH]. The second kappa shape index (κ2) is 7.94. The number of ketones is 1. The maximum absolute atomic E-state index is 11.2. The molecule has 108 valence electrons. The predicted molar refractivity (Wildman–Crippen MR) is 83.2 cm³/mol. The molecule has 0 atom stereocenters. The van der Waals surface area contributed by atoms with Crippen molar-refractivity contribution in [3.05, 3.63) is 48.3 Å². The molecular formula is C16H22N2O2. The van der Waals surface area contributed by atoms with Gasteiger partial charge in [0.25, 0.3) is 0 Å². The molecule has 0 unspecified atom stereocenters. The highest BCUT2D eigenvalue weighted by Crippen LogP contribution is 2.22. The first-order valence-corrected chi connectivity index (χ1v) is 6.57. The Morgan fingerprint density at radius 2 is 1.80 bits per heavy atom. The summed E-state index contributed by atoms with van der Waals surface area (Å²) >= 11 is 0. The fourth-order valence-electron chi connectivity index (χ4n) is 1.34. The van der Waals surface area contributed by atoms with Crippen LogP contribution in [-0.4, -0.2) is 10.8 Å². The van der Waals surface area contributed by atoms with Crippen molar-refractivity contribution in [1.29, 1.82) is 0 Å². The highest BCUT2D eigenvalue weighted by atomic mass is 16.5. The lowest BCUT2D eigenvalue weighted by Gasteiger charge is -2.06. The van der Waals surface area contributed by atoms with E-state index in [4.69, 9.17) is 10.5 Å². The van der Waals surface area contributed by atoms with Gasteiger partial charge in [-0.05, 0) is 30.3 Å². The number of carbonyl (C=O) groups is 1. The number of hydrogen-bond donors (Lipinski definition) is 1. The normalized spacial score (nSPS) is 9.35. The molecule has 1 aromatic heterocycles.